The molecule has 0 heterocycles. The average molecular weight is 477 g/mol. The Bertz CT molecular complexity index is 901. The molecule has 2 aromatic rings. The molecule has 0 nitrogen and oxygen atoms in total. The van der Waals surface area contributed by atoms with Crippen LogP contribution in [0.5, 0.6) is 0 Å². The zero-order valence-electron chi connectivity index (χ0n) is 19.7. The highest BCUT2D eigenvalue weighted by Gasteiger charge is 2.26. The van der Waals surface area contributed by atoms with Crippen molar-refractivity contribution < 1.29 is 13.2 Å². The van der Waals surface area contributed by atoms with Crippen molar-refractivity contribution in [2.75, 3.05) is 0 Å². The van der Waals surface area contributed by atoms with Gasteiger partial charge in [0.15, 0.2) is 0 Å². The zero-order valence-corrected chi connectivity index (χ0v) is 20.4. The fraction of sp³-hybridized carbons (Fsp3) is 0.586. The molecule has 2 aliphatic carbocycles. The van der Waals surface area contributed by atoms with Crippen LogP contribution in [0.25, 0.3) is 11.1 Å². The van der Waals surface area contributed by atoms with E-state index in [9.17, 15) is 13.2 Å². The summed E-state index contributed by atoms with van der Waals surface area (Å²) in [5.74, 6) is 0.900. The normalized spacial score (nSPS) is 25.8. The molecular weight excluding hydrogens is 441 g/mol. The Hall–Kier alpha value is -1.48. The molecule has 0 unspecified atom stereocenters. The van der Waals surface area contributed by atoms with E-state index in [0.29, 0.717) is 5.92 Å². The van der Waals surface area contributed by atoms with Crippen molar-refractivity contribution in [2.45, 2.75) is 89.9 Å². The molecule has 4 heteroatoms. The van der Waals surface area contributed by atoms with Gasteiger partial charge in [0, 0.05) is 5.56 Å². The quantitative estimate of drug-likeness (QED) is 0.348. The van der Waals surface area contributed by atoms with Gasteiger partial charge in [-0.3, -0.25) is 0 Å². The van der Waals surface area contributed by atoms with Gasteiger partial charge in [-0.05, 0) is 78.7 Å². The zero-order chi connectivity index (χ0) is 23.4. The van der Waals surface area contributed by atoms with Gasteiger partial charge in [-0.25, -0.2) is 13.2 Å². The van der Waals surface area contributed by atoms with E-state index in [4.69, 9.17) is 11.6 Å². The van der Waals surface area contributed by atoms with E-state index in [1.165, 1.54) is 64.2 Å². The van der Waals surface area contributed by atoms with Crippen LogP contribution < -0.4 is 0 Å². The Balaban J connectivity index is 1.28. The van der Waals surface area contributed by atoms with Gasteiger partial charge in [0.2, 0.25) is 0 Å². The van der Waals surface area contributed by atoms with Crippen molar-refractivity contribution in [3.05, 3.63) is 58.4 Å². The fourth-order valence-electron chi connectivity index (χ4n) is 6.20. The fourth-order valence-corrected chi connectivity index (χ4v) is 6.31. The summed E-state index contributed by atoms with van der Waals surface area (Å²) in [7, 11) is 0. The molecule has 0 atom stereocenters. The first-order valence-electron chi connectivity index (χ1n) is 12.9. The molecule has 0 amide bonds. The van der Waals surface area contributed by atoms with Gasteiger partial charge in [0.05, 0.1) is 0 Å². The molecule has 0 N–H and O–H groups in total. The second-order valence-corrected chi connectivity index (χ2v) is 10.8. The maximum Gasteiger partial charge on any atom is 0.145 e. The summed E-state index contributed by atoms with van der Waals surface area (Å²) in [5.41, 5.74) is 1.38. The SMILES string of the molecule is CCC[C@H]1CC[C@H](CCC2CCC(c3ccc(-c4cc(F)c(Cl)c(F)c4)c(F)c3)CC2)CC1. The van der Waals surface area contributed by atoms with E-state index in [0.717, 1.165) is 48.3 Å². The first-order chi connectivity index (χ1) is 15.9. The lowest BCUT2D eigenvalue weighted by Gasteiger charge is -2.32. The Morgan fingerprint density at radius 3 is 1.73 bits per heavy atom. The van der Waals surface area contributed by atoms with Crippen LogP contribution >= 0.6 is 11.6 Å². The molecule has 0 aliphatic heterocycles. The number of hydrogen-bond acceptors (Lipinski definition) is 0. The number of halogens is 4. The minimum absolute atomic E-state index is 0.172. The van der Waals surface area contributed by atoms with E-state index in [-0.39, 0.29) is 11.1 Å². The van der Waals surface area contributed by atoms with Crippen molar-refractivity contribution in [3.63, 3.8) is 0 Å². The molecule has 0 aromatic heterocycles. The van der Waals surface area contributed by atoms with Gasteiger partial charge >= 0.3 is 0 Å². The molecule has 2 saturated carbocycles. The van der Waals surface area contributed by atoms with Crippen LogP contribution in [0.4, 0.5) is 13.2 Å². The van der Waals surface area contributed by atoms with Crippen LogP contribution in [0.3, 0.4) is 0 Å². The molecule has 33 heavy (non-hydrogen) atoms. The van der Waals surface area contributed by atoms with Gasteiger partial charge in [0.25, 0.3) is 0 Å². The maximum absolute atomic E-state index is 14.9. The third kappa shape index (κ3) is 6.15. The van der Waals surface area contributed by atoms with Crippen molar-refractivity contribution >= 4 is 11.6 Å². The Kier molecular flexibility index (Phi) is 8.43. The van der Waals surface area contributed by atoms with Crippen LogP contribution in [0, 0.1) is 35.2 Å². The molecule has 2 fully saturated rings. The van der Waals surface area contributed by atoms with Crippen molar-refractivity contribution in [2.24, 2.45) is 17.8 Å². The molecule has 180 valence electrons. The smallest absolute Gasteiger partial charge is 0.145 e. The van der Waals surface area contributed by atoms with E-state index < -0.39 is 22.5 Å². The summed E-state index contributed by atoms with van der Waals surface area (Å²) in [6, 6.07) is 7.30. The summed E-state index contributed by atoms with van der Waals surface area (Å²) in [5, 5.41) is -0.559. The van der Waals surface area contributed by atoms with E-state index in [2.05, 4.69) is 6.92 Å². The minimum Gasteiger partial charge on any atom is -0.206 e. The largest absolute Gasteiger partial charge is 0.206 e. The first kappa shape index (κ1) is 24.6. The molecule has 2 aromatic carbocycles. The standard InChI is InChI=1S/C29H36ClF3/c1-2-3-19-4-6-20(7-5-19)8-9-21-10-12-22(13-11-21)23-14-15-25(26(31)16-23)24-17-27(32)29(30)28(33)18-24/h14-22H,2-13H2,1H3/t19-,20-,21?,22?. The van der Waals surface area contributed by atoms with Gasteiger partial charge in [-0.2, -0.15) is 0 Å². The highest BCUT2D eigenvalue weighted by Crippen LogP contribution is 2.41. The molecule has 0 spiro atoms. The van der Waals surface area contributed by atoms with Gasteiger partial charge in [-0.1, -0.05) is 82.0 Å². The van der Waals surface area contributed by atoms with Crippen molar-refractivity contribution in [3.8, 4) is 11.1 Å². The molecule has 2 aliphatic rings. The minimum atomic E-state index is -0.873. The topological polar surface area (TPSA) is 0 Å². The second kappa shape index (κ2) is 11.3. The van der Waals surface area contributed by atoms with Crippen LogP contribution in [0.1, 0.15) is 95.5 Å². The van der Waals surface area contributed by atoms with E-state index in [1.807, 2.05) is 6.07 Å². The van der Waals surface area contributed by atoms with Gasteiger partial charge in [-0.15, -0.1) is 0 Å². The summed E-state index contributed by atoms with van der Waals surface area (Å²) >= 11 is 5.56. The predicted octanol–water partition coefficient (Wildman–Crippen LogP) is 10.1. The molecule has 0 saturated heterocycles. The third-order valence-electron chi connectivity index (χ3n) is 8.25. The van der Waals surface area contributed by atoms with Gasteiger partial charge in [0.1, 0.15) is 22.5 Å². The van der Waals surface area contributed by atoms with Crippen LogP contribution in [0.15, 0.2) is 30.3 Å². The number of rotatable bonds is 7. The predicted molar refractivity (Wildman–Crippen MR) is 131 cm³/mol. The lowest BCUT2D eigenvalue weighted by atomic mass is 9.74. The Morgan fingerprint density at radius 2 is 1.21 bits per heavy atom. The van der Waals surface area contributed by atoms with Gasteiger partial charge < -0.3 is 0 Å². The number of hydrogen-bond donors (Lipinski definition) is 0. The maximum atomic E-state index is 14.9. The second-order valence-electron chi connectivity index (χ2n) is 10.5. The van der Waals surface area contributed by atoms with E-state index >= 15 is 0 Å². The van der Waals surface area contributed by atoms with Crippen LogP contribution in [-0.4, -0.2) is 0 Å². The highest BCUT2D eigenvalue weighted by molar-refractivity contribution is 6.31. The Morgan fingerprint density at radius 1 is 0.697 bits per heavy atom. The molecule has 0 radical (unpaired) electrons. The summed E-state index contributed by atoms with van der Waals surface area (Å²) in [6.07, 6.45) is 15.8. The third-order valence-corrected chi connectivity index (χ3v) is 8.61. The highest BCUT2D eigenvalue weighted by atomic mass is 35.5. The summed E-state index contributed by atoms with van der Waals surface area (Å²) in [4.78, 5) is 0. The average Bonchev–Trinajstić information content (AvgIpc) is 2.82. The molecule has 0 bridgehead atoms. The van der Waals surface area contributed by atoms with E-state index in [1.54, 1.807) is 12.1 Å². The summed E-state index contributed by atoms with van der Waals surface area (Å²) < 4.78 is 42.5. The monoisotopic (exact) mass is 476 g/mol. The number of benzene rings is 2. The summed E-state index contributed by atoms with van der Waals surface area (Å²) in [6.45, 7) is 2.30. The van der Waals surface area contributed by atoms with Crippen molar-refractivity contribution in [1.82, 2.24) is 0 Å². The van der Waals surface area contributed by atoms with Crippen LogP contribution in [-0.2, 0) is 0 Å². The van der Waals surface area contributed by atoms with Crippen LogP contribution in [0.2, 0.25) is 5.02 Å². The van der Waals surface area contributed by atoms with Crippen molar-refractivity contribution in [1.29, 1.82) is 0 Å². The first-order valence-corrected chi connectivity index (χ1v) is 13.3. The lowest BCUT2D eigenvalue weighted by molar-refractivity contribution is 0.224. The molecular formula is C29H36ClF3. The Labute approximate surface area is 201 Å². The lowest BCUT2D eigenvalue weighted by Crippen LogP contribution is -2.17. The molecule has 4 rings (SSSR count).